The van der Waals surface area contributed by atoms with Gasteiger partial charge < -0.3 is 15.4 Å². The summed E-state index contributed by atoms with van der Waals surface area (Å²) in [7, 11) is -3.23. The van der Waals surface area contributed by atoms with Gasteiger partial charge in [0.25, 0.3) is 0 Å². The maximum absolute atomic E-state index is 13.8. The first kappa shape index (κ1) is 23.2. The summed E-state index contributed by atoms with van der Waals surface area (Å²) >= 11 is 0. The quantitative estimate of drug-likeness (QED) is 0.480. The predicted octanol–water partition coefficient (Wildman–Crippen LogP) is 3.20. The van der Waals surface area contributed by atoms with Gasteiger partial charge in [0.05, 0.1) is 18.4 Å². The van der Waals surface area contributed by atoms with Crippen molar-refractivity contribution < 1.29 is 17.5 Å². The minimum Gasteiger partial charge on any atom is -0.373 e. The standard InChI is InChI=1S/C23H30FN3O3S/c1-3-25-23(26-14-18-11-12-30-22(18)17-7-5-4-6-8-17)27-15-20-13-21(24)10-9-19(20)16-31(2,28)29/h4-10,13,18,22H,3,11-12,14-16H2,1-2H3,(H2,25,26,27). The Kier molecular flexibility index (Phi) is 8.03. The molecular weight excluding hydrogens is 417 g/mol. The summed E-state index contributed by atoms with van der Waals surface area (Å²) < 4.78 is 43.1. The molecule has 2 unspecified atom stereocenters. The highest BCUT2D eigenvalue weighted by Crippen LogP contribution is 2.33. The number of nitrogens with one attached hydrogen (secondary N) is 2. The van der Waals surface area contributed by atoms with E-state index in [0.717, 1.165) is 13.0 Å². The zero-order valence-electron chi connectivity index (χ0n) is 18.0. The van der Waals surface area contributed by atoms with Crippen LogP contribution >= 0.6 is 0 Å². The molecule has 6 nitrogen and oxygen atoms in total. The van der Waals surface area contributed by atoms with Crippen LogP contribution < -0.4 is 10.6 Å². The summed E-state index contributed by atoms with van der Waals surface area (Å²) in [5, 5.41) is 6.56. The number of hydrogen-bond acceptors (Lipinski definition) is 4. The Morgan fingerprint density at radius 2 is 1.94 bits per heavy atom. The summed E-state index contributed by atoms with van der Waals surface area (Å²) in [6, 6.07) is 14.3. The number of ether oxygens (including phenoxy) is 1. The van der Waals surface area contributed by atoms with E-state index < -0.39 is 15.7 Å². The minimum atomic E-state index is -3.23. The van der Waals surface area contributed by atoms with Crippen molar-refractivity contribution in [3.8, 4) is 0 Å². The van der Waals surface area contributed by atoms with Gasteiger partial charge in [-0.2, -0.15) is 0 Å². The molecular formula is C23H30FN3O3S. The second kappa shape index (κ2) is 10.7. The van der Waals surface area contributed by atoms with Gasteiger partial charge in [-0.15, -0.1) is 0 Å². The second-order valence-electron chi connectivity index (χ2n) is 7.81. The lowest BCUT2D eigenvalue weighted by atomic mass is 9.95. The third-order valence-corrected chi connectivity index (χ3v) is 6.05. The Labute approximate surface area is 183 Å². The van der Waals surface area contributed by atoms with Gasteiger partial charge >= 0.3 is 0 Å². The van der Waals surface area contributed by atoms with E-state index >= 15 is 0 Å². The lowest BCUT2D eigenvalue weighted by molar-refractivity contribution is 0.0915. The molecule has 2 atom stereocenters. The van der Waals surface area contributed by atoms with E-state index in [1.807, 2.05) is 25.1 Å². The molecule has 2 N–H and O–H groups in total. The van der Waals surface area contributed by atoms with E-state index in [1.54, 1.807) is 0 Å². The average molecular weight is 448 g/mol. The SMILES string of the molecule is CCNC(=NCc1cc(F)ccc1CS(C)(=O)=O)NCC1CCOC1c1ccccc1. The van der Waals surface area contributed by atoms with E-state index in [9.17, 15) is 12.8 Å². The third kappa shape index (κ3) is 7.04. The molecule has 0 aromatic heterocycles. The topological polar surface area (TPSA) is 79.8 Å². The van der Waals surface area contributed by atoms with Crippen LogP contribution in [0.3, 0.4) is 0 Å². The number of benzene rings is 2. The first-order valence-electron chi connectivity index (χ1n) is 10.5. The first-order chi connectivity index (χ1) is 14.9. The number of sulfone groups is 1. The molecule has 1 fully saturated rings. The fourth-order valence-corrected chi connectivity index (χ4v) is 4.60. The Balaban J connectivity index is 1.69. The molecule has 1 heterocycles. The van der Waals surface area contributed by atoms with Gasteiger partial charge in [-0.3, -0.25) is 0 Å². The van der Waals surface area contributed by atoms with E-state index in [2.05, 4.69) is 27.8 Å². The molecule has 1 saturated heterocycles. The summed E-state index contributed by atoms with van der Waals surface area (Å²) in [5.41, 5.74) is 2.30. The molecule has 8 heteroatoms. The van der Waals surface area contributed by atoms with Crippen LogP contribution in [0, 0.1) is 11.7 Å². The highest BCUT2D eigenvalue weighted by molar-refractivity contribution is 7.89. The normalized spacial score (nSPS) is 19.4. The van der Waals surface area contributed by atoms with E-state index in [4.69, 9.17) is 4.74 Å². The van der Waals surface area contributed by atoms with Crippen molar-refractivity contribution in [1.29, 1.82) is 0 Å². The molecule has 2 aromatic rings. The maximum atomic E-state index is 13.8. The summed E-state index contributed by atoms with van der Waals surface area (Å²) in [4.78, 5) is 4.57. The van der Waals surface area contributed by atoms with Crippen molar-refractivity contribution in [3.05, 3.63) is 71.0 Å². The van der Waals surface area contributed by atoms with Crippen molar-refractivity contribution >= 4 is 15.8 Å². The molecule has 1 aliphatic heterocycles. The van der Waals surface area contributed by atoms with Crippen molar-refractivity contribution in [2.24, 2.45) is 10.9 Å². The Hall–Kier alpha value is -2.45. The van der Waals surface area contributed by atoms with Crippen LogP contribution in [-0.2, 0) is 26.9 Å². The number of hydrogen-bond donors (Lipinski definition) is 2. The van der Waals surface area contributed by atoms with Gasteiger partial charge in [0.15, 0.2) is 15.8 Å². The van der Waals surface area contributed by atoms with Crippen LogP contribution in [0.15, 0.2) is 53.5 Å². The molecule has 31 heavy (non-hydrogen) atoms. The lowest BCUT2D eigenvalue weighted by Crippen LogP contribution is -2.40. The summed E-state index contributed by atoms with van der Waals surface area (Å²) in [5.74, 6) is 0.367. The molecule has 1 aliphatic rings. The Morgan fingerprint density at radius 1 is 1.16 bits per heavy atom. The summed E-state index contributed by atoms with van der Waals surface area (Å²) in [6.07, 6.45) is 2.16. The van der Waals surface area contributed by atoms with Gasteiger partial charge in [-0.25, -0.2) is 17.8 Å². The van der Waals surface area contributed by atoms with Gasteiger partial charge in [0.1, 0.15) is 5.82 Å². The highest BCUT2D eigenvalue weighted by Gasteiger charge is 2.29. The molecule has 0 aliphatic carbocycles. The van der Waals surface area contributed by atoms with Gasteiger partial charge in [-0.1, -0.05) is 36.4 Å². The number of nitrogens with zero attached hydrogens (tertiary/aromatic N) is 1. The lowest BCUT2D eigenvalue weighted by Gasteiger charge is -2.21. The fourth-order valence-electron chi connectivity index (χ4n) is 3.75. The average Bonchev–Trinajstić information content (AvgIpc) is 3.20. The number of guanidine groups is 1. The van der Waals surface area contributed by atoms with Crippen LogP contribution in [0.4, 0.5) is 4.39 Å². The third-order valence-electron chi connectivity index (χ3n) is 5.21. The van der Waals surface area contributed by atoms with E-state index in [0.29, 0.717) is 36.1 Å². The Morgan fingerprint density at radius 3 is 2.65 bits per heavy atom. The smallest absolute Gasteiger partial charge is 0.191 e. The van der Waals surface area contributed by atoms with Crippen LogP contribution in [-0.4, -0.2) is 40.3 Å². The van der Waals surface area contributed by atoms with E-state index in [1.165, 1.54) is 30.0 Å². The predicted molar refractivity (Wildman–Crippen MR) is 121 cm³/mol. The molecule has 0 bridgehead atoms. The Bertz CT molecular complexity index is 996. The van der Waals surface area contributed by atoms with Gasteiger partial charge in [0.2, 0.25) is 0 Å². The molecule has 0 amide bonds. The molecule has 168 valence electrons. The van der Waals surface area contributed by atoms with Crippen LogP contribution in [0.25, 0.3) is 0 Å². The van der Waals surface area contributed by atoms with Crippen molar-refractivity contribution in [3.63, 3.8) is 0 Å². The van der Waals surface area contributed by atoms with Crippen molar-refractivity contribution in [2.75, 3.05) is 26.0 Å². The fraction of sp³-hybridized carbons (Fsp3) is 0.435. The number of aliphatic imine (C=N–C) groups is 1. The zero-order valence-corrected chi connectivity index (χ0v) is 18.8. The summed E-state index contributed by atoms with van der Waals surface area (Å²) in [6.45, 7) is 4.23. The maximum Gasteiger partial charge on any atom is 0.191 e. The largest absolute Gasteiger partial charge is 0.373 e. The van der Waals surface area contributed by atoms with Crippen molar-refractivity contribution in [1.82, 2.24) is 10.6 Å². The first-order valence-corrected chi connectivity index (χ1v) is 12.6. The molecule has 0 spiro atoms. The zero-order chi connectivity index (χ0) is 22.3. The van der Waals surface area contributed by atoms with Gasteiger partial charge in [0, 0.05) is 31.9 Å². The van der Waals surface area contributed by atoms with E-state index in [-0.39, 0.29) is 18.4 Å². The molecule has 0 radical (unpaired) electrons. The highest BCUT2D eigenvalue weighted by atomic mass is 32.2. The van der Waals surface area contributed by atoms with Gasteiger partial charge in [-0.05, 0) is 42.2 Å². The molecule has 0 saturated carbocycles. The number of rotatable bonds is 8. The minimum absolute atomic E-state index is 0.0427. The molecule has 3 rings (SSSR count). The van der Waals surface area contributed by atoms with Crippen molar-refractivity contribution in [2.45, 2.75) is 31.7 Å². The number of halogens is 1. The van der Waals surface area contributed by atoms with Crippen LogP contribution in [0.5, 0.6) is 0 Å². The van der Waals surface area contributed by atoms with Crippen LogP contribution in [0.2, 0.25) is 0 Å². The second-order valence-corrected chi connectivity index (χ2v) is 9.95. The monoisotopic (exact) mass is 447 g/mol. The van der Waals surface area contributed by atoms with Crippen LogP contribution in [0.1, 0.15) is 36.1 Å². The molecule has 2 aromatic carbocycles.